The van der Waals surface area contributed by atoms with Crippen molar-refractivity contribution < 1.29 is 18.0 Å². The first-order chi connectivity index (χ1) is 12.9. The first-order valence-electron chi connectivity index (χ1n) is 9.38. The maximum Gasteiger partial charge on any atom is 0.417 e. The van der Waals surface area contributed by atoms with Crippen molar-refractivity contribution in [2.75, 3.05) is 13.1 Å². The molecule has 1 amide bonds. The number of alkyl halides is 3. The highest BCUT2D eigenvalue weighted by Crippen LogP contribution is 2.33. The van der Waals surface area contributed by atoms with E-state index in [0.29, 0.717) is 13.1 Å². The van der Waals surface area contributed by atoms with Crippen LogP contribution in [0.2, 0.25) is 0 Å². The lowest BCUT2D eigenvalue weighted by atomic mass is 9.95. The van der Waals surface area contributed by atoms with E-state index < -0.39 is 17.6 Å². The summed E-state index contributed by atoms with van der Waals surface area (Å²) in [6, 6.07) is 5.01. The highest BCUT2D eigenvalue weighted by atomic mass is 19.4. The summed E-state index contributed by atoms with van der Waals surface area (Å²) >= 11 is 0. The van der Waals surface area contributed by atoms with Gasteiger partial charge in [0, 0.05) is 37.9 Å². The van der Waals surface area contributed by atoms with Crippen molar-refractivity contribution >= 4 is 5.91 Å². The van der Waals surface area contributed by atoms with Crippen LogP contribution in [0.15, 0.2) is 36.7 Å². The highest BCUT2D eigenvalue weighted by molar-refractivity contribution is 5.96. The zero-order chi connectivity index (χ0) is 19.4. The van der Waals surface area contributed by atoms with Crippen molar-refractivity contribution in [3.63, 3.8) is 0 Å². The van der Waals surface area contributed by atoms with E-state index in [2.05, 4.69) is 16.5 Å². The van der Waals surface area contributed by atoms with Gasteiger partial charge in [-0.2, -0.15) is 13.2 Å². The first-order valence-corrected chi connectivity index (χ1v) is 9.38. The van der Waals surface area contributed by atoms with Gasteiger partial charge in [-0.05, 0) is 31.4 Å². The summed E-state index contributed by atoms with van der Waals surface area (Å²) in [4.78, 5) is 18.8. The Morgan fingerprint density at radius 3 is 2.81 bits per heavy atom. The summed E-state index contributed by atoms with van der Waals surface area (Å²) in [7, 11) is 0. The molecule has 1 aromatic carbocycles. The van der Waals surface area contributed by atoms with E-state index >= 15 is 0 Å². The van der Waals surface area contributed by atoms with Crippen LogP contribution in [0.1, 0.15) is 60.3 Å². The maximum atomic E-state index is 13.3. The van der Waals surface area contributed by atoms with Gasteiger partial charge in [0.25, 0.3) is 5.91 Å². The molecule has 146 valence electrons. The number of aryl methyl sites for hydroxylation is 1. The van der Waals surface area contributed by atoms with Crippen molar-refractivity contribution in [3.8, 4) is 0 Å². The molecule has 0 spiro atoms. The molecule has 7 heteroatoms. The van der Waals surface area contributed by atoms with Gasteiger partial charge in [-0.15, -0.1) is 0 Å². The fraction of sp³-hybridized carbons (Fsp3) is 0.500. The molecule has 1 aliphatic heterocycles. The van der Waals surface area contributed by atoms with Crippen molar-refractivity contribution in [3.05, 3.63) is 53.6 Å². The molecular weight excluding hydrogens is 355 g/mol. The number of amides is 1. The van der Waals surface area contributed by atoms with Gasteiger partial charge >= 0.3 is 6.18 Å². The number of likely N-dealkylation sites (tertiary alicyclic amines) is 1. The number of hydrogen-bond acceptors (Lipinski definition) is 2. The van der Waals surface area contributed by atoms with Gasteiger partial charge in [-0.1, -0.05) is 25.5 Å². The van der Waals surface area contributed by atoms with Gasteiger partial charge in [-0.25, -0.2) is 4.98 Å². The molecule has 3 rings (SSSR count). The number of nitrogens with zero attached hydrogens (tertiary/aromatic N) is 3. The summed E-state index contributed by atoms with van der Waals surface area (Å²) in [5.41, 5.74) is -1.15. The zero-order valence-electron chi connectivity index (χ0n) is 15.4. The van der Waals surface area contributed by atoms with Gasteiger partial charge in [-0.3, -0.25) is 4.79 Å². The first kappa shape index (κ1) is 19.5. The number of unbranched alkanes of at least 4 members (excludes halogenated alkanes) is 1. The van der Waals surface area contributed by atoms with Crippen molar-refractivity contribution in [1.82, 2.24) is 14.5 Å². The Bertz CT molecular complexity index is 785. The Morgan fingerprint density at radius 2 is 2.07 bits per heavy atom. The van der Waals surface area contributed by atoms with E-state index in [-0.39, 0.29) is 11.5 Å². The second-order valence-electron chi connectivity index (χ2n) is 6.97. The quantitative estimate of drug-likeness (QED) is 0.754. The number of hydrogen-bond donors (Lipinski definition) is 0. The highest BCUT2D eigenvalue weighted by Gasteiger charge is 2.37. The van der Waals surface area contributed by atoms with Gasteiger partial charge < -0.3 is 9.47 Å². The predicted molar refractivity (Wildman–Crippen MR) is 96.5 cm³/mol. The van der Waals surface area contributed by atoms with Crippen molar-refractivity contribution in [2.45, 2.75) is 51.2 Å². The fourth-order valence-electron chi connectivity index (χ4n) is 3.66. The molecule has 0 saturated carbocycles. The molecule has 0 radical (unpaired) electrons. The number of benzene rings is 1. The van der Waals surface area contributed by atoms with Crippen LogP contribution in [0.3, 0.4) is 0 Å². The SMILES string of the molecule is CCCCn1ccnc1[C@H]1CCCN(C(=O)c2ccccc2C(F)(F)F)C1. The van der Waals surface area contributed by atoms with Crippen LogP contribution in [-0.2, 0) is 12.7 Å². The van der Waals surface area contributed by atoms with E-state index in [1.54, 1.807) is 6.20 Å². The number of aromatic nitrogens is 2. The smallest absolute Gasteiger partial charge is 0.338 e. The van der Waals surface area contributed by atoms with Crippen LogP contribution in [-0.4, -0.2) is 33.4 Å². The molecule has 27 heavy (non-hydrogen) atoms. The second kappa shape index (κ2) is 8.15. The van der Waals surface area contributed by atoms with Crippen molar-refractivity contribution in [1.29, 1.82) is 0 Å². The molecule has 0 unspecified atom stereocenters. The standard InChI is InChI=1S/C20H24F3N3O/c1-2-3-11-25-13-10-24-18(25)15-7-6-12-26(14-15)19(27)16-8-4-5-9-17(16)20(21,22)23/h4-5,8-10,13,15H,2-3,6-7,11-12,14H2,1H3/t15-/m0/s1. The number of rotatable bonds is 5. The van der Waals surface area contributed by atoms with E-state index in [9.17, 15) is 18.0 Å². The Kier molecular flexibility index (Phi) is 5.87. The third-order valence-corrected chi connectivity index (χ3v) is 5.04. The molecule has 1 atom stereocenters. The Labute approximate surface area is 157 Å². The summed E-state index contributed by atoms with van der Waals surface area (Å²) in [6.07, 6.45) is 2.89. The fourth-order valence-corrected chi connectivity index (χ4v) is 3.66. The maximum absolute atomic E-state index is 13.3. The molecule has 0 N–H and O–H groups in total. The van der Waals surface area contributed by atoms with Crippen LogP contribution >= 0.6 is 0 Å². The predicted octanol–water partition coefficient (Wildman–Crippen LogP) is 4.72. The number of carbonyl (C=O) groups is 1. The largest absolute Gasteiger partial charge is 0.417 e. The lowest BCUT2D eigenvalue weighted by Gasteiger charge is -2.33. The zero-order valence-corrected chi connectivity index (χ0v) is 15.4. The van der Waals surface area contributed by atoms with E-state index in [1.165, 1.54) is 23.1 Å². The van der Waals surface area contributed by atoms with Crippen LogP contribution < -0.4 is 0 Å². The van der Waals surface area contributed by atoms with Gasteiger partial charge in [0.1, 0.15) is 5.82 Å². The molecule has 1 saturated heterocycles. The van der Waals surface area contributed by atoms with Gasteiger partial charge in [0.15, 0.2) is 0 Å². The van der Waals surface area contributed by atoms with Crippen molar-refractivity contribution in [2.24, 2.45) is 0 Å². The second-order valence-corrected chi connectivity index (χ2v) is 6.97. The number of piperidine rings is 1. The Morgan fingerprint density at radius 1 is 1.30 bits per heavy atom. The van der Waals surface area contributed by atoms with Gasteiger partial charge in [0.05, 0.1) is 11.1 Å². The molecule has 1 fully saturated rings. The third kappa shape index (κ3) is 4.34. The average Bonchev–Trinajstić information content (AvgIpc) is 3.14. The third-order valence-electron chi connectivity index (χ3n) is 5.04. The summed E-state index contributed by atoms with van der Waals surface area (Å²) in [5, 5.41) is 0. The summed E-state index contributed by atoms with van der Waals surface area (Å²) in [6.45, 7) is 3.86. The van der Waals surface area contributed by atoms with E-state index in [4.69, 9.17) is 0 Å². The Hall–Kier alpha value is -2.31. The van der Waals surface area contributed by atoms with E-state index in [1.807, 2.05) is 6.20 Å². The Balaban J connectivity index is 1.79. The van der Waals surface area contributed by atoms with Crippen LogP contribution in [0.5, 0.6) is 0 Å². The number of carbonyl (C=O) groups excluding carboxylic acids is 1. The average molecular weight is 379 g/mol. The minimum Gasteiger partial charge on any atom is -0.338 e. The summed E-state index contributed by atoms with van der Waals surface area (Å²) < 4.78 is 41.9. The molecular formula is C20H24F3N3O. The van der Waals surface area contributed by atoms with Crippen LogP contribution in [0, 0.1) is 0 Å². The lowest BCUT2D eigenvalue weighted by Crippen LogP contribution is -2.40. The van der Waals surface area contributed by atoms with E-state index in [0.717, 1.165) is 44.1 Å². The molecule has 2 aromatic rings. The minimum atomic E-state index is -4.54. The minimum absolute atomic E-state index is 0.0487. The number of halogens is 3. The van der Waals surface area contributed by atoms with Crippen LogP contribution in [0.25, 0.3) is 0 Å². The topological polar surface area (TPSA) is 38.1 Å². The monoisotopic (exact) mass is 379 g/mol. The molecule has 1 aliphatic rings. The molecule has 0 bridgehead atoms. The van der Waals surface area contributed by atoms with Crippen LogP contribution in [0.4, 0.5) is 13.2 Å². The molecule has 1 aromatic heterocycles. The lowest BCUT2D eigenvalue weighted by molar-refractivity contribution is -0.138. The molecule has 4 nitrogen and oxygen atoms in total. The number of imidazole rings is 1. The normalized spacial score (nSPS) is 17.9. The summed E-state index contributed by atoms with van der Waals surface area (Å²) in [5.74, 6) is 0.414. The molecule has 0 aliphatic carbocycles. The van der Waals surface area contributed by atoms with Gasteiger partial charge in [0.2, 0.25) is 0 Å². The molecule has 2 heterocycles.